The molecule has 1 fully saturated rings. The van der Waals surface area contributed by atoms with Crippen molar-refractivity contribution in [3.63, 3.8) is 0 Å². The fourth-order valence-corrected chi connectivity index (χ4v) is 5.54. The largest absolute Gasteiger partial charge is 0.346 e. The number of carbonyl (C=O) groups is 1. The maximum Gasteiger partial charge on any atom is 0.244 e. The molecule has 2 aromatic rings. The first-order valence-electron chi connectivity index (χ1n) is 9.70. The van der Waals surface area contributed by atoms with Crippen LogP contribution in [0.2, 0.25) is 0 Å². The molecule has 1 atom stereocenters. The molecule has 0 spiro atoms. The highest BCUT2D eigenvalue weighted by atomic mass is 32.2. The lowest BCUT2D eigenvalue weighted by atomic mass is 9.88. The van der Waals surface area contributed by atoms with Crippen LogP contribution in [0.25, 0.3) is 6.08 Å². The standard InChI is InChI=1S/C22H24N2O3S/c25-22(23-21-8-3-6-18-5-1-2-7-20(18)21)14-11-17-9-12-19(13-10-17)24-15-4-16-28(24,26)27/h1-2,5,7,9-14,21H,3-4,6,8,15-16H2,(H,23,25)/b14-11+. The highest BCUT2D eigenvalue weighted by molar-refractivity contribution is 7.93. The number of hydrogen-bond acceptors (Lipinski definition) is 3. The molecule has 6 heteroatoms. The molecule has 4 rings (SSSR count). The van der Waals surface area contributed by atoms with Crippen LogP contribution in [-0.4, -0.2) is 26.6 Å². The van der Waals surface area contributed by atoms with E-state index in [9.17, 15) is 13.2 Å². The van der Waals surface area contributed by atoms with Crippen LogP contribution >= 0.6 is 0 Å². The van der Waals surface area contributed by atoms with Gasteiger partial charge in [-0.2, -0.15) is 0 Å². The van der Waals surface area contributed by atoms with Crippen molar-refractivity contribution in [3.05, 3.63) is 71.3 Å². The molecule has 2 aromatic carbocycles. The summed E-state index contributed by atoms with van der Waals surface area (Å²) >= 11 is 0. The second-order valence-electron chi connectivity index (χ2n) is 7.32. The van der Waals surface area contributed by atoms with Crippen molar-refractivity contribution in [2.75, 3.05) is 16.6 Å². The van der Waals surface area contributed by atoms with E-state index < -0.39 is 10.0 Å². The average Bonchev–Trinajstić information content (AvgIpc) is 3.06. The Morgan fingerprint density at radius 3 is 2.61 bits per heavy atom. The molecule has 0 aromatic heterocycles. The predicted molar refractivity (Wildman–Crippen MR) is 111 cm³/mol. The molecule has 1 saturated heterocycles. The maximum atomic E-state index is 12.4. The molecule has 1 N–H and O–H groups in total. The number of benzene rings is 2. The van der Waals surface area contributed by atoms with Gasteiger partial charge in [0.1, 0.15) is 0 Å². The van der Waals surface area contributed by atoms with Gasteiger partial charge >= 0.3 is 0 Å². The van der Waals surface area contributed by atoms with Crippen molar-refractivity contribution in [1.82, 2.24) is 5.32 Å². The number of hydrogen-bond donors (Lipinski definition) is 1. The molecule has 0 saturated carbocycles. The summed E-state index contributed by atoms with van der Waals surface area (Å²) in [4.78, 5) is 12.4. The third kappa shape index (κ3) is 3.97. The van der Waals surface area contributed by atoms with E-state index in [1.807, 2.05) is 24.3 Å². The van der Waals surface area contributed by atoms with Gasteiger partial charge in [-0.15, -0.1) is 0 Å². The van der Waals surface area contributed by atoms with Gasteiger partial charge in [0.2, 0.25) is 15.9 Å². The number of fused-ring (bicyclic) bond motifs is 1. The Kier molecular flexibility index (Phi) is 5.22. The minimum atomic E-state index is -3.17. The van der Waals surface area contributed by atoms with Gasteiger partial charge in [0.25, 0.3) is 0 Å². The van der Waals surface area contributed by atoms with Crippen LogP contribution in [0, 0.1) is 0 Å². The van der Waals surface area contributed by atoms with E-state index in [1.165, 1.54) is 15.4 Å². The number of nitrogens with zero attached hydrogens (tertiary/aromatic N) is 1. The Balaban J connectivity index is 1.40. The topological polar surface area (TPSA) is 66.5 Å². The first-order valence-corrected chi connectivity index (χ1v) is 11.3. The van der Waals surface area contributed by atoms with Crippen LogP contribution in [0.1, 0.15) is 42.0 Å². The van der Waals surface area contributed by atoms with Crippen LogP contribution in [0.5, 0.6) is 0 Å². The van der Waals surface area contributed by atoms with Gasteiger partial charge in [-0.05, 0) is 60.6 Å². The van der Waals surface area contributed by atoms with Gasteiger partial charge in [-0.1, -0.05) is 36.4 Å². The van der Waals surface area contributed by atoms with Gasteiger partial charge in [0.15, 0.2) is 0 Å². The van der Waals surface area contributed by atoms with Gasteiger partial charge in [0, 0.05) is 12.6 Å². The van der Waals surface area contributed by atoms with E-state index in [1.54, 1.807) is 24.3 Å². The zero-order valence-electron chi connectivity index (χ0n) is 15.7. The second kappa shape index (κ2) is 7.80. The fourth-order valence-electron chi connectivity index (χ4n) is 3.98. The Morgan fingerprint density at radius 1 is 1.07 bits per heavy atom. The lowest BCUT2D eigenvalue weighted by Crippen LogP contribution is -2.29. The van der Waals surface area contributed by atoms with E-state index in [0.29, 0.717) is 18.7 Å². The van der Waals surface area contributed by atoms with Crippen molar-refractivity contribution in [1.29, 1.82) is 0 Å². The molecule has 2 aliphatic rings. The Morgan fingerprint density at radius 2 is 1.86 bits per heavy atom. The van der Waals surface area contributed by atoms with E-state index >= 15 is 0 Å². The van der Waals surface area contributed by atoms with E-state index in [-0.39, 0.29) is 17.7 Å². The molecular weight excluding hydrogens is 372 g/mol. The number of sulfonamides is 1. The van der Waals surface area contributed by atoms with Crippen LogP contribution in [0.15, 0.2) is 54.6 Å². The quantitative estimate of drug-likeness (QED) is 0.805. The summed E-state index contributed by atoms with van der Waals surface area (Å²) in [5.41, 5.74) is 4.07. The molecule has 0 radical (unpaired) electrons. The smallest absolute Gasteiger partial charge is 0.244 e. The minimum absolute atomic E-state index is 0.0600. The van der Waals surface area contributed by atoms with Gasteiger partial charge < -0.3 is 5.32 Å². The number of aryl methyl sites for hydroxylation is 1. The maximum absolute atomic E-state index is 12.4. The van der Waals surface area contributed by atoms with Crippen molar-refractivity contribution in [3.8, 4) is 0 Å². The van der Waals surface area contributed by atoms with Crippen LogP contribution in [-0.2, 0) is 21.2 Å². The molecule has 1 aliphatic heterocycles. The molecular formula is C22H24N2O3S. The highest BCUT2D eigenvalue weighted by Crippen LogP contribution is 2.29. The van der Waals surface area contributed by atoms with Crippen LogP contribution in [0.4, 0.5) is 5.69 Å². The van der Waals surface area contributed by atoms with E-state index in [0.717, 1.165) is 24.8 Å². The summed E-state index contributed by atoms with van der Waals surface area (Å²) in [5, 5.41) is 3.10. The SMILES string of the molecule is O=C(/C=C/c1ccc(N2CCCS2(=O)=O)cc1)NC1CCCc2ccccc21. The van der Waals surface area contributed by atoms with Crippen molar-refractivity contribution in [2.24, 2.45) is 0 Å². The fraction of sp³-hybridized carbons (Fsp3) is 0.318. The number of nitrogens with one attached hydrogen (secondary N) is 1. The number of amides is 1. The molecule has 1 amide bonds. The molecule has 1 aliphatic carbocycles. The zero-order valence-corrected chi connectivity index (χ0v) is 16.5. The van der Waals surface area contributed by atoms with Gasteiger partial charge in [0.05, 0.1) is 17.5 Å². The second-order valence-corrected chi connectivity index (χ2v) is 9.33. The van der Waals surface area contributed by atoms with Crippen molar-refractivity contribution < 1.29 is 13.2 Å². The molecule has 146 valence electrons. The number of rotatable bonds is 4. The average molecular weight is 397 g/mol. The van der Waals surface area contributed by atoms with E-state index in [4.69, 9.17) is 0 Å². The summed E-state index contributed by atoms with van der Waals surface area (Å²) in [5.74, 6) is 0.0898. The predicted octanol–water partition coefficient (Wildman–Crippen LogP) is 3.43. The first-order chi connectivity index (χ1) is 13.5. The molecule has 28 heavy (non-hydrogen) atoms. The summed E-state index contributed by atoms with van der Waals surface area (Å²) in [6.07, 6.45) is 7.05. The molecule has 1 unspecified atom stereocenters. The molecule has 1 heterocycles. The Hall–Kier alpha value is -2.60. The summed E-state index contributed by atoms with van der Waals surface area (Å²) in [6.45, 7) is 0.531. The van der Waals surface area contributed by atoms with Crippen LogP contribution < -0.4 is 9.62 Å². The summed E-state index contributed by atoms with van der Waals surface area (Å²) in [7, 11) is -3.17. The van der Waals surface area contributed by atoms with Gasteiger partial charge in [-0.3, -0.25) is 9.10 Å². The third-order valence-electron chi connectivity index (χ3n) is 5.39. The molecule has 5 nitrogen and oxygen atoms in total. The normalized spacial score (nSPS) is 20.9. The van der Waals surface area contributed by atoms with Crippen molar-refractivity contribution in [2.45, 2.75) is 31.7 Å². The minimum Gasteiger partial charge on any atom is -0.346 e. The summed E-state index contributed by atoms with van der Waals surface area (Å²) in [6, 6.07) is 15.6. The summed E-state index contributed by atoms with van der Waals surface area (Å²) < 4.78 is 25.4. The number of anilines is 1. The zero-order chi connectivity index (χ0) is 19.6. The van der Waals surface area contributed by atoms with E-state index in [2.05, 4.69) is 17.4 Å². The lowest BCUT2D eigenvalue weighted by molar-refractivity contribution is -0.117. The third-order valence-corrected chi connectivity index (χ3v) is 7.26. The Bertz CT molecular complexity index is 997. The first kappa shape index (κ1) is 18.7. The van der Waals surface area contributed by atoms with Crippen molar-refractivity contribution >= 4 is 27.7 Å². The Labute approximate surface area is 166 Å². The lowest BCUT2D eigenvalue weighted by Gasteiger charge is -2.25. The van der Waals surface area contributed by atoms with Gasteiger partial charge in [-0.25, -0.2) is 8.42 Å². The van der Waals surface area contributed by atoms with Crippen LogP contribution in [0.3, 0.4) is 0 Å². The number of carbonyl (C=O) groups excluding carboxylic acids is 1. The monoisotopic (exact) mass is 396 g/mol. The molecule has 0 bridgehead atoms. The highest BCUT2D eigenvalue weighted by Gasteiger charge is 2.28.